The first-order valence-corrected chi connectivity index (χ1v) is 6.73. The molecule has 5 heteroatoms. The molecular weight excluding hydrogens is 236 g/mol. The molecule has 17 heavy (non-hydrogen) atoms. The molecule has 0 saturated heterocycles. The minimum Gasteiger partial charge on any atom is -0.326 e. The number of sulfonamides is 1. The van der Waals surface area contributed by atoms with Gasteiger partial charge in [-0.05, 0) is 17.7 Å². The van der Waals surface area contributed by atoms with Crippen molar-refractivity contribution in [1.29, 1.82) is 0 Å². The highest BCUT2D eigenvalue weighted by Crippen LogP contribution is 2.15. The molecule has 0 spiro atoms. The van der Waals surface area contributed by atoms with Crippen LogP contribution in [0, 0.1) is 12.3 Å². The molecule has 0 bridgehead atoms. The van der Waals surface area contributed by atoms with Crippen LogP contribution < -0.4 is 5.73 Å². The fourth-order valence-corrected chi connectivity index (χ4v) is 2.78. The second kappa shape index (κ2) is 5.82. The summed E-state index contributed by atoms with van der Waals surface area (Å²) in [7, 11) is -3.49. The first-order chi connectivity index (χ1) is 8.06. The van der Waals surface area contributed by atoms with Crippen molar-refractivity contribution in [3.63, 3.8) is 0 Å². The van der Waals surface area contributed by atoms with Gasteiger partial charge in [-0.25, -0.2) is 8.42 Å². The van der Waals surface area contributed by atoms with Crippen molar-refractivity contribution in [2.75, 3.05) is 13.1 Å². The molecule has 0 aliphatic rings. The van der Waals surface area contributed by atoms with Gasteiger partial charge in [-0.3, -0.25) is 0 Å². The number of hydrogen-bond donors (Lipinski definition) is 1. The lowest BCUT2D eigenvalue weighted by molar-refractivity contribution is 0.464. The van der Waals surface area contributed by atoms with Crippen molar-refractivity contribution in [3.05, 3.63) is 29.8 Å². The van der Waals surface area contributed by atoms with E-state index in [2.05, 4.69) is 5.92 Å². The average Bonchev–Trinajstić information content (AvgIpc) is 2.35. The Labute approximate surface area is 102 Å². The van der Waals surface area contributed by atoms with Gasteiger partial charge in [-0.2, -0.15) is 4.31 Å². The highest BCUT2D eigenvalue weighted by atomic mass is 32.2. The quantitative estimate of drug-likeness (QED) is 0.788. The molecule has 1 rings (SSSR count). The van der Waals surface area contributed by atoms with E-state index in [1.165, 1.54) is 4.31 Å². The third-order valence-electron chi connectivity index (χ3n) is 2.42. The molecule has 0 amide bonds. The number of nitrogens with zero attached hydrogens (tertiary/aromatic N) is 1. The minimum atomic E-state index is -3.49. The van der Waals surface area contributed by atoms with E-state index < -0.39 is 10.0 Å². The van der Waals surface area contributed by atoms with Crippen LogP contribution in [-0.2, 0) is 16.6 Å². The molecule has 0 aliphatic heterocycles. The van der Waals surface area contributed by atoms with Crippen LogP contribution in [0.25, 0.3) is 0 Å². The molecule has 0 fully saturated rings. The van der Waals surface area contributed by atoms with Crippen molar-refractivity contribution >= 4 is 10.0 Å². The summed E-state index contributed by atoms with van der Waals surface area (Å²) in [5, 5.41) is 0. The van der Waals surface area contributed by atoms with E-state index in [1.807, 2.05) is 0 Å². The summed E-state index contributed by atoms with van der Waals surface area (Å²) in [6.07, 6.45) is 5.15. The SMILES string of the molecule is C#CCN(CC)S(=O)(=O)c1ccc(CN)cc1. The molecule has 92 valence electrons. The minimum absolute atomic E-state index is 0.0808. The summed E-state index contributed by atoms with van der Waals surface area (Å²) in [5.41, 5.74) is 6.35. The molecule has 1 aromatic carbocycles. The molecule has 0 aliphatic carbocycles. The van der Waals surface area contributed by atoms with Crippen molar-refractivity contribution < 1.29 is 8.42 Å². The molecule has 1 aromatic rings. The Hall–Kier alpha value is -1.35. The van der Waals surface area contributed by atoms with E-state index in [9.17, 15) is 8.42 Å². The maximum atomic E-state index is 12.2. The zero-order chi connectivity index (χ0) is 12.9. The van der Waals surface area contributed by atoms with Gasteiger partial charge in [-0.1, -0.05) is 25.0 Å². The van der Waals surface area contributed by atoms with Crippen molar-refractivity contribution in [3.8, 4) is 12.3 Å². The van der Waals surface area contributed by atoms with Gasteiger partial charge >= 0.3 is 0 Å². The molecule has 0 radical (unpaired) electrons. The summed E-state index contributed by atoms with van der Waals surface area (Å²) in [5.74, 6) is 2.34. The number of nitrogens with two attached hydrogens (primary N) is 1. The van der Waals surface area contributed by atoms with E-state index in [4.69, 9.17) is 12.2 Å². The van der Waals surface area contributed by atoms with Crippen molar-refractivity contribution in [2.45, 2.75) is 18.4 Å². The molecule has 0 aromatic heterocycles. The second-order valence-electron chi connectivity index (χ2n) is 3.48. The second-order valence-corrected chi connectivity index (χ2v) is 5.42. The zero-order valence-electron chi connectivity index (χ0n) is 9.76. The normalized spacial score (nSPS) is 11.4. The van der Waals surface area contributed by atoms with Gasteiger partial charge in [0, 0.05) is 13.1 Å². The van der Waals surface area contributed by atoms with Crippen LogP contribution in [0.5, 0.6) is 0 Å². The van der Waals surface area contributed by atoms with Crippen LogP contribution in [0.2, 0.25) is 0 Å². The van der Waals surface area contributed by atoms with Gasteiger partial charge in [0.25, 0.3) is 0 Å². The smallest absolute Gasteiger partial charge is 0.243 e. The van der Waals surface area contributed by atoms with Gasteiger partial charge in [0.2, 0.25) is 10.0 Å². The molecule has 0 atom stereocenters. The summed E-state index contributed by atoms with van der Waals surface area (Å²) >= 11 is 0. The van der Waals surface area contributed by atoms with E-state index in [0.717, 1.165) is 5.56 Å². The monoisotopic (exact) mass is 252 g/mol. The molecule has 0 saturated carbocycles. The Balaban J connectivity index is 3.08. The predicted molar refractivity (Wildman–Crippen MR) is 67.6 cm³/mol. The van der Waals surface area contributed by atoms with E-state index in [-0.39, 0.29) is 11.4 Å². The van der Waals surface area contributed by atoms with Crippen LogP contribution in [0.15, 0.2) is 29.2 Å². The van der Waals surface area contributed by atoms with Crippen LogP contribution >= 0.6 is 0 Å². The fraction of sp³-hybridized carbons (Fsp3) is 0.333. The molecular formula is C12H16N2O2S. The summed E-state index contributed by atoms with van der Waals surface area (Å²) in [6.45, 7) is 2.58. The van der Waals surface area contributed by atoms with Gasteiger partial charge in [-0.15, -0.1) is 6.42 Å². The first-order valence-electron chi connectivity index (χ1n) is 5.28. The van der Waals surface area contributed by atoms with Crippen LogP contribution in [0.1, 0.15) is 12.5 Å². The standard InChI is InChI=1S/C12H16N2O2S/c1-3-9-14(4-2)17(15,16)12-7-5-11(10-13)6-8-12/h1,5-8H,4,9-10,13H2,2H3. The third-order valence-corrected chi connectivity index (χ3v) is 4.35. The first kappa shape index (κ1) is 13.7. The van der Waals surface area contributed by atoms with Gasteiger partial charge in [0.1, 0.15) is 0 Å². The van der Waals surface area contributed by atoms with Crippen molar-refractivity contribution in [2.24, 2.45) is 5.73 Å². The van der Waals surface area contributed by atoms with Crippen LogP contribution in [0.4, 0.5) is 0 Å². The topological polar surface area (TPSA) is 63.4 Å². The summed E-state index contributed by atoms with van der Waals surface area (Å²) in [6, 6.07) is 6.51. The molecule has 0 heterocycles. The highest BCUT2D eigenvalue weighted by molar-refractivity contribution is 7.89. The fourth-order valence-electron chi connectivity index (χ4n) is 1.42. The van der Waals surface area contributed by atoms with Crippen LogP contribution in [0.3, 0.4) is 0 Å². The summed E-state index contributed by atoms with van der Waals surface area (Å²) < 4.78 is 25.6. The van der Waals surface area contributed by atoms with E-state index in [0.29, 0.717) is 13.1 Å². The Morgan fingerprint density at radius 2 is 1.94 bits per heavy atom. The average molecular weight is 252 g/mol. The van der Waals surface area contributed by atoms with Crippen LogP contribution in [-0.4, -0.2) is 25.8 Å². The zero-order valence-corrected chi connectivity index (χ0v) is 10.6. The Morgan fingerprint density at radius 3 is 2.35 bits per heavy atom. The number of benzene rings is 1. The van der Waals surface area contributed by atoms with E-state index >= 15 is 0 Å². The lowest BCUT2D eigenvalue weighted by atomic mass is 10.2. The number of rotatable bonds is 5. The van der Waals surface area contributed by atoms with Gasteiger partial charge in [0.15, 0.2) is 0 Å². The molecule has 2 N–H and O–H groups in total. The lowest BCUT2D eigenvalue weighted by Gasteiger charge is -2.17. The lowest BCUT2D eigenvalue weighted by Crippen LogP contribution is -2.31. The summed E-state index contributed by atoms with van der Waals surface area (Å²) in [4.78, 5) is 0.242. The van der Waals surface area contributed by atoms with E-state index in [1.54, 1.807) is 31.2 Å². The third kappa shape index (κ3) is 3.07. The Morgan fingerprint density at radius 1 is 1.35 bits per heavy atom. The largest absolute Gasteiger partial charge is 0.326 e. The number of terminal acetylenes is 1. The maximum Gasteiger partial charge on any atom is 0.243 e. The molecule has 0 unspecified atom stereocenters. The highest BCUT2D eigenvalue weighted by Gasteiger charge is 2.21. The predicted octanol–water partition coefficient (Wildman–Crippen LogP) is 0.789. The van der Waals surface area contributed by atoms with Crippen molar-refractivity contribution in [1.82, 2.24) is 4.31 Å². The Kier molecular flexibility index (Phi) is 4.70. The van der Waals surface area contributed by atoms with Gasteiger partial charge in [0.05, 0.1) is 11.4 Å². The molecule has 4 nitrogen and oxygen atoms in total. The Bertz CT molecular complexity index is 500. The van der Waals surface area contributed by atoms with Gasteiger partial charge < -0.3 is 5.73 Å². The maximum absolute atomic E-state index is 12.2. The number of hydrogen-bond acceptors (Lipinski definition) is 3.